The second kappa shape index (κ2) is 5.85. The highest BCUT2D eigenvalue weighted by atomic mass is 16.4. The number of carboxylic acids is 1. The molecule has 0 aliphatic heterocycles. The van der Waals surface area contributed by atoms with E-state index in [0.29, 0.717) is 12.3 Å². The summed E-state index contributed by atoms with van der Waals surface area (Å²) in [5.41, 5.74) is 5.82. The Balaban J connectivity index is 4.47. The van der Waals surface area contributed by atoms with Gasteiger partial charge >= 0.3 is 5.97 Å². The van der Waals surface area contributed by atoms with Crippen LogP contribution >= 0.6 is 0 Å². The van der Waals surface area contributed by atoms with Gasteiger partial charge in [-0.05, 0) is 36.0 Å². The van der Waals surface area contributed by atoms with Crippen molar-refractivity contribution in [2.45, 2.75) is 66.8 Å². The Morgan fingerprint density at radius 3 is 1.88 bits per heavy atom. The Bertz CT molecular complexity index is 257. The number of rotatable bonds is 7. The molecule has 3 nitrogen and oxygen atoms in total. The second-order valence-electron chi connectivity index (χ2n) is 7.25. The summed E-state index contributed by atoms with van der Waals surface area (Å²) in [4.78, 5) is 10.8. The summed E-state index contributed by atoms with van der Waals surface area (Å²) in [5, 5.41) is 8.86. The average Bonchev–Trinajstić information content (AvgIpc) is 1.96. The Morgan fingerprint density at radius 1 is 1.12 bits per heavy atom. The lowest BCUT2D eigenvalue weighted by Crippen LogP contribution is -2.37. The smallest absolute Gasteiger partial charge is 0.320 e. The van der Waals surface area contributed by atoms with Crippen LogP contribution in [0.25, 0.3) is 0 Å². The zero-order valence-electron chi connectivity index (χ0n) is 12.2. The number of hydrogen-bond donors (Lipinski definition) is 2. The molecule has 3 heteroatoms. The number of carboxylic acid groups (broad SMARTS) is 1. The third kappa shape index (κ3) is 7.37. The first-order valence-electron chi connectivity index (χ1n) is 6.44. The molecule has 0 aromatic rings. The molecule has 0 fully saturated rings. The molecule has 1 atom stereocenters. The summed E-state index contributed by atoms with van der Waals surface area (Å²) in [6, 6.07) is -0.750. The molecule has 0 spiro atoms. The summed E-state index contributed by atoms with van der Waals surface area (Å²) in [6.07, 6.45) is 2.68. The molecular weight excluding hydrogens is 214 g/mol. The molecule has 0 aromatic heterocycles. The maximum Gasteiger partial charge on any atom is 0.320 e. The number of hydrogen-bond acceptors (Lipinski definition) is 2. The molecule has 0 aromatic carbocycles. The van der Waals surface area contributed by atoms with Crippen molar-refractivity contribution in [3.8, 4) is 0 Å². The second-order valence-corrected chi connectivity index (χ2v) is 7.25. The standard InChI is InChI=1S/C14H29NO2/c1-10(2)7-13(3,4)9-14(5,6)8-11(15)12(16)17/h10-11H,7-9,15H2,1-6H3,(H,16,17). The van der Waals surface area contributed by atoms with Gasteiger partial charge in [-0.25, -0.2) is 0 Å². The van der Waals surface area contributed by atoms with Crippen molar-refractivity contribution >= 4 is 5.97 Å². The van der Waals surface area contributed by atoms with Crippen LogP contribution in [0.4, 0.5) is 0 Å². The van der Waals surface area contributed by atoms with Gasteiger partial charge < -0.3 is 10.8 Å². The van der Waals surface area contributed by atoms with Crippen LogP contribution in [-0.2, 0) is 4.79 Å². The molecule has 1 unspecified atom stereocenters. The fourth-order valence-electron chi connectivity index (χ4n) is 3.23. The fraction of sp³-hybridized carbons (Fsp3) is 0.929. The summed E-state index contributed by atoms with van der Waals surface area (Å²) >= 11 is 0. The van der Waals surface area contributed by atoms with E-state index in [-0.39, 0.29) is 10.8 Å². The Kier molecular flexibility index (Phi) is 5.66. The lowest BCUT2D eigenvalue weighted by Gasteiger charge is -2.37. The van der Waals surface area contributed by atoms with Crippen molar-refractivity contribution in [1.29, 1.82) is 0 Å². The molecule has 0 aliphatic carbocycles. The predicted molar refractivity (Wildman–Crippen MR) is 71.9 cm³/mol. The maximum atomic E-state index is 10.8. The van der Waals surface area contributed by atoms with Crippen molar-refractivity contribution < 1.29 is 9.90 Å². The van der Waals surface area contributed by atoms with Crippen LogP contribution < -0.4 is 5.73 Å². The van der Waals surface area contributed by atoms with E-state index in [1.807, 2.05) is 0 Å². The molecule has 0 saturated heterocycles. The molecule has 0 bridgehead atoms. The van der Waals surface area contributed by atoms with Gasteiger partial charge in [-0.15, -0.1) is 0 Å². The van der Waals surface area contributed by atoms with Crippen LogP contribution in [0.1, 0.15) is 60.8 Å². The van der Waals surface area contributed by atoms with Crippen LogP contribution in [0.3, 0.4) is 0 Å². The van der Waals surface area contributed by atoms with Crippen molar-refractivity contribution in [2.75, 3.05) is 0 Å². The Labute approximate surface area is 106 Å². The van der Waals surface area contributed by atoms with Crippen molar-refractivity contribution in [3.05, 3.63) is 0 Å². The van der Waals surface area contributed by atoms with Crippen LogP contribution in [0.2, 0.25) is 0 Å². The third-order valence-corrected chi connectivity index (χ3v) is 3.01. The van der Waals surface area contributed by atoms with Crippen LogP contribution in [0.5, 0.6) is 0 Å². The lowest BCUT2D eigenvalue weighted by molar-refractivity contribution is -0.139. The SMILES string of the molecule is CC(C)CC(C)(C)CC(C)(C)CC(N)C(=O)O. The normalized spacial score (nSPS) is 15.1. The van der Waals surface area contributed by atoms with Gasteiger partial charge in [0.1, 0.15) is 6.04 Å². The van der Waals surface area contributed by atoms with Gasteiger partial charge in [0.15, 0.2) is 0 Å². The highest BCUT2D eigenvalue weighted by Gasteiger charge is 2.32. The van der Waals surface area contributed by atoms with Gasteiger partial charge in [0, 0.05) is 0 Å². The van der Waals surface area contributed by atoms with E-state index >= 15 is 0 Å². The molecule has 0 heterocycles. The van der Waals surface area contributed by atoms with Crippen LogP contribution in [0.15, 0.2) is 0 Å². The minimum absolute atomic E-state index is 0.0316. The van der Waals surface area contributed by atoms with E-state index in [1.165, 1.54) is 0 Å². The highest BCUT2D eigenvalue weighted by Crippen LogP contribution is 2.40. The topological polar surface area (TPSA) is 63.3 Å². The van der Waals surface area contributed by atoms with Gasteiger partial charge in [-0.1, -0.05) is 41.5 Å². The molecule has 102 valence electrons. The molecule has 17 heavy (non-hydrogen) atoms. The Morgan fingerprint density at radius 2 is 1.53 bits per heavy atom. The first-order valence-corrected chi connectivity index (χ1v) is 6.44. The molecular formula is C14H29NO2. The minimum Gasteiger partial charge on any atom is -0.480 e. The first-order chi connectivity index (χ1) is 7.45. The number of carbonyl (C=O) groups is 1. The highest BCUT2D eigenvalue weighted by molar-refractivity contribution is 5.73. The van der Waals surface area contributed by atoms with Gasteiger partial charge in [-0.2, -0.15) is 0 Å². The summed E-state index contributed by atoms with van der Waals surface area (Å²) in [6.45, 7) is 13.2. The predicted octanol–water partition coefficient (Wildman–Crippen LogP) is 3.28. The van der Waals surface area contributed by atoms with Gasteiger partial charge in [-0.3, -0.25) is 4.79 Å². The van der Waals surface area contributed by atoms with E-state index in [9.17, 15) is 4.79 Å². The van der Waals surface area contributed by atoms with Gasteiger partial charge in [0.25, 0.3) is 0 Å². The number of nitrogens with two attached hydrogens (primary N) is 1. The summed E-state index contributed by atoms with van der Waals surface area (Å²) < 4.78 is 0. The fourth-order valence-corrected chi connectivity index (χ4v) is 3.23. The average molecular weight is 243 g/mol. The van der Waals surface area contributed by atoms with Gasteiger partial charge in [0.05, 0.1) is 0 Å². The van der Waals surface area contributed by atoms with E-state index < -0.39 is 12.0 Å². The number of aliphatic carboxylic acids is 1. The Hall–Kier alpha value is -0.570. The first kappa shape index (κ1) is 16.4. The zero-order chi connectivity index (χ0) is 13.9. The van der Waals surface area contributed by atoms with Crippen LogP contribution in [0, 0.1) is 16.7 Å². The summed E-state index contributed by atoms with van der Waals surface area (Å²) in [7, 11) is 0. The third-order valence-electron chi connectivity index (χ3n) is 3.01. The monoisotopic (exact) mass is 243 g/mol. The molecule has 0 rings (SSSR count). The quantitative estimate of drug-likeness (QED) is 0.721. The van der Waals surface area contributed by atoms with Gasteiger partial charge in [0.2, 0.25) is 0 Å². The minimum atomic E-state index is -0.903. The molecule has 0 saturated carbocycles. The van der Waals surface area contributed by atoms with E-state index in [0.717, 1.165) is 12.8 Å². The van der Waals surface area contributed by atoms with E-state index in [1.54, 1.807) is 0 Å². The van der Waals surface area contributed by atoms with Crippen molar-refractivity contribution in [2.24, 2.45) is 22.5 Å². The van der Waals surface area contributed by atoms with Crippen molar-refractivity contribution in [1.82, 2.24) is 0 Å². The zero-order valence-corrected chi connectivity index (χ0v) is 12.2. The lowest BCUT2D eigenvalue weighted by atomic mass is 9.69. The molecule has 0 amide bonds. The van der Waals surface area contributed by atoms with Crippen molar-refractivity contribution in [3.63, 3.8) is 0 Å². The maximum absolute atomic E-state index is 10.8. The molecule has 0 radical (unpaired) electrons. The van der Waals surface area contributed by atoms with Crippen LogP contribution in [-0.4, -0.2) is 17.1 Å². The van der Waals surface area contributed by atoms with E-state index in [4.69, 9.17) is 10.8 Å². The van der Waals surface area contributed by atoms with E-state index in [2.05, 4.69) is 41.5 Å². The molecule has 3 N–H and O–H groups in total. The summed E-state index contributed by atoms with van der Waals surface area (Å²) in [5.74, 6) is -0.242. The largest absolute Gasteiger partial charge is 0.480 e. The molecule has 0 aliphatic rings.